The number of amides is 1. The first-order chi connectivity index (χ1) is 13.1. The summed E-state index contributed by atoms with van der Waals surface area (Å²) in [6.07, 6.45) is 5.50. The lowest BCUT2D eigenvalue weighted by atomic mass is 10.0. The molecule has 3 aromatic rings. The second kappa shape index (κ2) is 7.31. The van der Waals surface area contributed by atoms with Crippen molar-refractivity contribution in [1.29, 1.82) is 0 Å². The van der Waals surface area contributed by atoms with E-state index >= 15 is 0 Å². The molecule has 0 saturated heterocycles. The minimum Gasteiger partial charge on any atom is -0.312 e. The Balaban J connectivity index is 1.47. The molecule has 0 N–H and O–H groups in total. The molecule has 3 nitrogen and oxygen atoms in total. The zero-order valence-corrected chi connectivity index (χ0v) is 15.3. The smallest absolute Gasteiger partial charge is 0.227 e. The van der Waals surface area contributed by atoms with Gasteiger partial charge in [0, 0.05) is 31.0 Å². The molecular weight excluding hydrogens is 339 g/mol. The van der Waals surface area contributed by atoms with E-state index in [9.17, 15) is 9.18 Å². The van der Waals surface area contributed by atoms with E-state index < -0.39 is 0 Å². The summed E-state index contributed by atoms with van der Waals surface area (Å²) in [6.45, 7) is 2.47. The van der Waals surface area contributed by atoms with Gasteiger partial charge in [0.1, 0.15) is 5.82 Å². The van der Waals surface area contributed by atoms with Gasteiger partial charge in [-0.15, -0.1) is 0 Å². The summed E-state index contributed by atoms with van der Waals surface area (Å²) < 4.78 is 13.4. The Bertz CT molecular complexity index is 985. The van der Waals surface area contributed by atoms with E-state index in [-0.39, 0.29) is 11.7 Å². The molecule has 4 heteroatoms. The molecule has 0 fully saturated rings. The number of nitrogens with zero attached hydrogens (tertiary/aromatic N) is 2. The highest BCUT2D eigenvalue weighted by molar-refractivity contribution is 5.96. The molecule has 1 amide bonds. The number of aryl methyl sites for hydroxylation is 2. The average molecular weight is 360 g/mol. The number of pyridine rings is 1. The minimum atomic E-state index is -0.205. The number of anilines is 1. The molecule has 1 aliphatic rings. The Morgan fingerprint density at radius 1 is 1.07 bits per heavy atom. The van der Waals surface area contributed by atoms with Crippen molar-refractivity contribution in [3.8, 4) is 11.1 Å². The third-order valence-corrected chi connectivity index (χ3v) is 5.14. The zero-order valence-electron chi connectivity index (χ0n) is 15.3. The molecule has 4 rings (SSSR count). The van der Waals surface area contributed by atoms with Gasteiger partial charge in [-0.1, -0.05) is 18.2 Å². The molecular formula is C23H21FN2O. The number of fused-ring (bicyclic) bond motifs is 1. The maximum Gasteiger partial charge on any atom is 0.227 e. The standard InChI is InChI=1S/C23H21FN2O/c1-16-14-17(2-5-21(16)24)3-7-23(27)26-13-10-20-15-19(4-6-22(20)26)18-8-11-25-12-9-18/h2,4-6,8-9,11-12,14-15H,3,7,10,13H2,1H3. The maximum atomic E-state index is 13.4. The van der Waals surface area contributed by atoms with E-state index in [1.165, 1.54) is 11.6 Å². The molecule has 27 heavy (non-hydrogen) atoms. The van der Waals surface area contributed by atoms with Gasteiger partial charge in [0.05, 0.1) is 0 Å². The van der Waals surface area contributed by atoms with Gasteiger partial charge in [0.2, 0.25) is 5.91 Å². The second-order valence-corrected chi connectivity index (χ2v) is 6.96. The maximum absolute atomic E-state index is 13.4. The molecule has 1 aromatic heterocycles. The average Bonchev–Trinajstić information content (AvgIpc) is 3.12. The van der Waals surface area contributed by atoms with Gasteiger partial charge in [-0.3, -0.25) is 9.78 Å². The summed E-state index contributed by atoms with van der Waals surface area (Å²) in [5.41, 5.74) is 6.10. The van der Waals surface area contributed by atoms with Crippen LogP contribution in [0.25, 0.3) is 11.1 Å². The molecule has 0 spiro atoms. The molecule has 136 valence electrons. The van der Waals surface area contributed by atoms with Crippen molar-refractivity contribution in [2.75, 3.05) is 11.4 Å². The summed E-state index contributed by atoms with van der Waals surface area (Å²) >= 11 is 0. The molecule has 0 bridgehead atoms. The first kappa shape index (κ1) is 17.4. The van der Waals surface area contributed by atoms with Crippen molar-refractivity contribution >= 4 is 11.6 Å². The number of benzene rings is 2. The highest BCUT2D eigenvalue weighted by Crippen LogP contribution is 2.32. The van der Waals surface area contributed by atoms with Crippen LogP contribution < -0.4 is 4.90 Å². The van der Waals surface area contributed by atoms with E-state index in [1.54, 1.807) is 25.4 Å². The van der Waals surface area contributed by atoms with Crippen LogP contribution in [0.5, 0.6) is 0 Å². The summed E-state index contributed by atoms with van der Waals surface area (Å²) in [4.78, 5) is 18.7. The molecule has 0 aliphatic carbocycles. The quantitative estimate of drug-likeness (QED) is 0.675. The van der Waals surface area contributed by atoms with Gasteiger partial charge < -0.3 is 4.90 Å². The van der Waals surface area contributed by atoms with Crippen LogP contribution in [0.15, 0.2) is 60.9 Å². The number of hydrogen-bond donors (Lipinski definition) is 0. The lowest BCUT2D eigenvalue weighted by molar-refractivity contribution is -0.118. The number of carbonyl (C=O) groups is 1. The number of hydrogen-bond acceptors (Lipinski definition) is 2. The SMILES string of the molecule is Cc1cc(CCC(=O)N2CCc3cc(-c4ccncc4)ccc32)ccc1F. The summed E-state index contributed by atoms with van der Waals surface area (Å²) in [5.74, 6) is -0.0871. The highest BCUT2D eigenvalue weighted by atomic mass is 19.1. The predicted molar refractivity (Wildman–Crippen MR) is 105 cm³/mol. The lowest BCUT2D eigenvalue weighted by Gasteiger charge is -2.18. The fraction of sp³-hybridized carbons (Fsp3) is 0.217. The molecule has 0 saturated carbocycles. The molecule has 0 radical (unpaired) electrons. The van der Waals surface area contributed by atoms with Crippen LogP contribution >= 0.6 is 0 Å². The molecule has 2 heterocycles. The normalized spacial score (nSPS) is 12.9. The third kappa shape index (κ3) is 3.61. The topological polar surface area (TPSA) is 33.2 Å². The van der Waals surface area contributed by atoms with Crippen LogP contribution in [0.2, 0.25) is 0 Å². The summed E-state index contributed by atoms with van der Waals surface area (Å²) in [6, 6.07) is 15.3. The van der Waals surface area contributed by atoms with E-state index in [0.29, 0.717) is 18.4 Å². The fourth-order valence-corrected chi connectivity index (χ4v) is 3.63. The first-order valence-electron chi connectivity index (χ1n) is 9.20. The van der Waals surface area contributed by atoms with Crippen LogP contribution in [-0.2, 0) is 17.6 Å². The highest BCUT2D eigenvalue weighted by Gasteiger charge is 2.24. The van der Waals surface area contributed by atoms with Crippen LogP contribution in [0.1, 0.15) is 23.1 Å². The molecule has 0 atom stereocenters. The minimum absolute atomic E-state index is 0.118. The van der Waals surface area contributed by atoms with Gasteiger partial charge in [0.15, 0.2) is 0 Å². The van der Waals surface area contributed by atoms with Crippen LogP contribution in [-0.4, -0.2) is 17.4 Å². The monoisotopic (exact) mass is 360 g/mol. The number of aromatic nitrogens is 1. The van der Waals surface area contributed by atoms with Crippen LogP contribution in [0.3, 0.4) is 0 Å². The van der Waals surface area contributed by atoms with Crippen molar-refractivity contribution in [2.24, 2.45) is 0 Å². The largest absolute Gasteiger partial charge is 0.312 e. The summed E-state index contributed by atoms with van der Waals surface area (Å²) in [7, 11) is 0. The van der Waals surface area contributed by atoms with Crippen LogP contribution in [0.4, 0.5) is 10.1 Å². The van der Waals surface area contributed by atoms with Gasteiger partial charge in [-0.25, -0.2) is 4.39 Å². The second-order valence-electron chi connectivity index (χ2n) is 6.96. The van der Waals surface area contributed by atoms with E-state index in [0.717, 1.165) is 35.3 Å². The molecule has 1 aliphatic heterocycles. The zero-order chi connectivity index (χ0) is 18.8. The van der Waals surface area contributed by atoms with Crippen molar-refractivity contribution in [3.63, 3.8) is 0 Å². The van der Waals surface area contributed by atoms with E-state index in [2.05, 4.69) is 17.1 Å². The van der Waals surface area contributed by atoms with Gasteiger partial charge in [-0.2, -0.15) is 0 Å². The van der Waals surface area contributed by atoms with Crippen molar-refractivity contribution < 1.29 is 9.18 Å². The number of halogens is 1. The van der Waals surface area contributed by atoms with E-state index in [4.69, 9.17) is 0 Å². The Hall–Kier alpha value is -3.01. The van der Waals surface area contributed by atoms with Gasteiger partial charge >= 0.3 is 0 Å². The third-order valence-electron chi connectivity index (χ3n) is 5.14. The molecule has 0 unspecified atom stereocenters. The predicted octanol–water partition coefficient (Wildman–Crippen LogP) is 4.72. The Labute approximate surface area is 158 Å². The van der Waals surface area contributed by atoms with E-state index in [1.807, 2.05) is 29.2 Å². The Morgan fingerprint density at radius 2 is 1.89 bits per heavy atom. The lowest BCUT2D eigenvalue weighted by Crippen LogP contribution is -2.29. The van der Waals surface area contributed by atoms with Crippen molar-refractivity contribution in [1.82, 2.24) is 4.98 Å². The molecule has 2 aromatic carbocycles. The first-order valence-corrected chi connectivity index (χ1v) is 9.20. The number of carbonyl (C=O) groups excluding carboxylic acids is 1. The Kier molecular flexibility index (Phi) is 4.71. The summed E-state index contributed by atoms with van der Waals surface area (Å²) in [5, 5.41) is 0. The Morgan fingerprint density at radius 3 is 2.67 bits per heavy atom. The fourth-order valence-electron chi connectivity index (χ4n) is 3.63. The number of rotatable bonds is 4. The van der Waals surface area contributed by atoms with Gasteiger partial charge in [0.25, 0.3) is 0 Å². The van der Waals surface area contributed by atoms with Crippen molar-refractivity contribution in [3.05, 3.63) is 83.4 Å². The van der Waals surface area contributed by atoms with Crippen LogP contribution in [0, 0.1) is 12.7 Å². The van der Waals surface area contributed by atoms with Gasteiger partial charge in [-0.05, 0) is 77.9 Å². The van der Waals surface area contributed by atoms with Crippen molar-refractivity contribution in [2.45, 2.75) is 26.2 Å².